The summed E-state index contributed by atoms with van der Waals surface area (Å²) >= 11 is 1.32. The summed E-state index contributed by atoms with van der Waals surface area (Å²) in [7, 11) is 0. The number of aryl methyl sites for hydroxylation is 1. The molecule has 0 aliphatic carbocycles. The molecule has 0 spiro atoms. The number of rotatable bonds is 1. The van der Waals surface area contributed by atoms with Crippen LogP contribution in [0.25, 0.3) is 0 Å². The molecule has 1 aliphatic rings. The quantitative estimate of drug-likeness (QED) is 0.742. The summed E-state index contributed by atoms with van der Waals surface area (Å²) in [5, 5.41) is 4.02. The molecule has 17 heavy (non-hydrogen) atoms. The van der Waals surface area contributed by atoms with Gasteiger partial charge in [0.05, 0.1) is 4.88 Å². The molecular weight excluding hydrogens is 240 g/mol. The minimum Gasteiger partial charge on any atom is -0.317 e. The van der Waals surface area contributed by atoms with E-state index in [1.807, 2.05) is 18.4 Å². The minimum absolute atomic E-state index is 0.0664. The van der Waals surface area contributed by atoms with Gasteiger partial charge >= 0.3 is 0 Å². The third-order valence-corrected chi connectivity index (χ3v) is 3.75. The Bertz CT molecular complexity index is 495. The van der Waals surface area contributed by atoms with Crippen LogP contribution in [0.3, 0.4) is 0 Å². The normalized spacial score (nSPS) is 20.4. The number of amides is 3. The van der Waals surface area contributed by atoms with Crippen molar-refractivity contribution in [1.29, 1.82) is 0 Å². The van der Waals surface area contributed by atoms with Crippen LogP contribution in [0, 0.1) is 6.92 Å². The van der Waals surface area contributed by atoms with Gasteiger partial charge in [-0.25, -0.2) is 0 Å². The van der Waals surface area contributed by atoms with E-state index in [0.29, 0.717) is 4.88 Å². The molecule has 1 fully saturated rings. The second-order valence-corrected chi connectivity index (χ2v) is 4.87. The van der Waals surface area contributed by atoms with Gasteiger partial charge in [0, 0.05) is 0 Å². The van der Waals surface area contributed by atoms with Crippen molar-refractivity contribution in [3.8, 4) is 0 Å². The van der Waals surface area contributed by atoms with Crippen LogP contribution >= 0.6 is 11.3 Å². The summed E-state index contributed by atoms with van der Waals surface area (Å²) in [6, 6.07) is 1.23. The number of thiophene rings is 1. The van der Waals surface area contributed by atoms with Crippen molar-refractivity contribution in [2.24, 2.45) is 0 Å². The average molecular weight is 252 g/mol. The van der Waals surface area contributed by atoms with Crippen LogP contribution in [-0.4, -0.2) is 35.2 Å². The zero-order chi connectivity index (χ0) is 12.6. The van der Waals surface area contributed by atoms with Crippen LogP contribution in [0.2, 0.25) is 0 Å². The molecule has 1 unspecified atom stereocenters. The van der Waals surface area contributed by atoms with E-state index in [2.05, 4.69) is 5.32 Å². The van der Waals surface area contributed by atoms with Gasteiger partial charge in [-0.15, -0.1) is 11.3 Å². The van der Waals surface area contributed by atoms with Crippen molar-refractivity contribution in [3.63, 3.8) is 0 Å². The van der Waals surface area contributed by atoms with E-state index in [0.717, 1.165) is 5.56 Å². The topological polar surface area (TPSA) is 66.5 Å². The van der Waals surface area contributed by atoms with Gasteiger partial charge in [0.15, 0.2) is 0 Å². The molecular formula is C11H12N2O3S. The van der Waals surface area contributed by atoms with Gasteiger partial charge in [0.25, 0.3) is 5.91 Å². The number of carbonyl (C=O) groups excluding carboxylic acids is 3. The molecule has 0 bridgehead atoms. The van der Waals surface area contributed by atoms with Crippen LogP contribution in [0.4, 0.5) is 0 Å². The van der Waals surface area contributed by atoms with Gasteiger partial charge in [-0.05, 0) is 30.9 Å². The summed E-state index contributed by atoms with van der Waals surface area (Å²) in [5.74, 6) is -1.12. The van der Waals surface area contributed by atoms with E-state index in [4.69, 9.17) is 0 Å². The highest BCUT2D eigenvalue weighted by Gasteiger charge is 2.34. The SMILES string of the molecule is Cc1ccsc1C(=O)N1CC(=O)NC(=O)C1C. The maximum atomic E-state index is 12.2. The molecule has 1 atom stereocenters. The van der Waals surface area contributed by atoms with Crippen molar-refractivity contribution in [2.45, 2.75) is 19.9 Å². The first-order valence-electron chi connectivity index (χ1n) is 5.19. The summed E-state index contributed by atoms with van der Waals surface area (Å²) in [4.78, 5) is 36.8. The average Bonchev–Trinajstić information content (AvgIpc) is 2.69. The van der Waals surface area contributed by atoms with Crippen molar-refractivity contribution in [2.75, 3.05) is 6.54 Å². The fourth-order valence-corrected chi connectivity index (χ4v) is 2.56. The molecule has 90 valence electrons. The predicted molar refractivity (Wildman–Crippen MR) is 62.7 cm³/mol. The van der Waals surface area contributed by atoms with Crippen LogP contribution in [0.5, 0.6) is 0 Å². The fourth-order valence-electron chi connectivity index (χ4n) is 1.68. The standard InChI is InChI=1S/C11H12N2O3S/c1-6-3-4-17-9(6)11(16)13-5-8(14)12-10(15)7(13)2/h3-4,7H,5H2,1-2H3,(H,12,14,15). The molecule has 1 saturated heterocycles. The monoisotopic (exact) mass is 252 g/mol. The Labute approximate surface area is 102 Å². The molecule has 0 radical (unpaired) electrons. The molecule has 0 aromatic carbocycles. The third kappa shape index (κ3) is 2.08. The number of imide groups is 1. The molecule has 3 amide bonds. The Morgan fingerprint density at radius 2 is 2.24 bits per heavy atom. The highest BCUT2D eigenvalue weighted by Crippen LogP contribution is 2.20. The summed E-state index contributed by atoms with van der Waals surface area (Å²) in [5.41, 5.74) is 0.866. The van der Waals surface area contributed by atoms with E-state index in [1.54, 1.807) is 6.92 Å². The lowest BCUT2D eigenvalue weighted by atomic mass is 10.1. The van der Waals surface area contributed by atoms with E-state index >= 15 is 0 Å². The summed E-state index contributed by atoms with van der Waals surface area (Å²) in [6.45, 7) is 3.38. The molecule has 1 N–H and O–H groups in total. The van der Waals surface area contributed by atoms with Crippen LogP contribution in [-0.2, 0) is 9.59 Å². The zero-order valence-electron chi connectivity index (χ0n) is 9.52. The Balaban J connectivity index is 2.27. The number of nitrogens with zero attached hydrogens (tertiary/aromatic N) is 1. The second kappa shape index (κ2) is 4.29. The lowest BCUT2D eigenvalue weighted by Gasteiger charge is -2.31. The third-order valence-electron chi connectivity index (χ3n) is 2.74. The van der Waals surface area contributed by atoms with Crippen molar-refractivity contribution < 1.29 is 14.4 Å². The Morgan fingerprint density at radius 3 is 2.82 bits per heavy atom. The maximum absolute atomic E-state index is 12.2. The number of piperazine rings is 1. The van der Waals surface area contributed by atoms with Gasteiger partial charge in [-0.2, -0.15) is 0 Å². The predicted octanol–water partition coefficient (Wildman–Crippen LogP) is 0.544. The van der Waals surface area contributed by atoms with E-state index in [1.165, 1.54) is 16.2 Å². The number of hydrogen-bond donors (Lipinski definition) is 1. The van der Waals surface area contributed by atoms with Crippen LogP contribution < -0.4 is 5.32 Å². The number of nitrogens with one attached hydrogen (secondary N) is 1. The van der Waals surface area contributed by atoms with E-state index < -0.39 is 17.9 Å². The highest BCUT2D eigenvalue weighted by atomic mass is 32.1. The first-order chi connectivity index (χ1) is 8.00. The van der Waals surface area contributed by atoms with E-state index in [9.17, 15) is 14.4 Å². The van der Waals surface area contributed by atoms with Gasteiger partial charge in [0.2, 0.25) is 11.8 Å². The minimum atomic E-state index is -0.610. The fraction of sp³-hybridized carbons (Fsp3) is 0.364. The lowest BCUT2D eigenvalue weighted by molar-refractivity contribution is -0.138. The van der Waals surface area contributed by atoms with Gasteiger partial charge in [0.1, 0.15) is 12.6 Å². The zero-order valence-corrected chi connectivity index (χ0v) is 10.3. The van der Waals surface area contributed by atoms with Crippen molar-refractivity contribution in [1.82, 2.24) is 10.2 Å². The molecule has 2 rings (SSSR count). The van der Waals surface area contributed by atoms with Crippen LogP contribution in [0.15, 0.2) is 11.4 Å². The van der Waals surface area contributed by atoms with Gasteiger partial charge in [-0.3, -0.25) is 19.7 Å². The first kappa shape index (κ1) is 11.8. The Morgan fingerprint density at radius 1 is 1.53 bits per heavy atom. The molecule has 2 heterocycles. The molecule has 1 aliphatic heterocycles. The summed E-state index contributed by atoms with van der Waals surface area (Å²) < 4.78 is 0. The number of hydrogen-bond acceptors (Lipinski definition) is 4. The smallest absolute Gasteiger partial charge is 0.265 e. The van der Waals surface area contributed by atoms with Gasteiger partial charge < -0.3 is 4.90 Å². The molecule has 6 heteroatoms. The molecule has 1 aromatic rings. The molecule has 1 aromatic heterocycles. The maximum Gasteiger partial charge on any atom is 0.265 e. The lowest BCUT2D eigenvalue weighted by Crippen LogP contribution is -2.58. The first-order valence-corrected chi connectivity index (χ1v) is 6.07. The largest absolute Gasteiger partial charge is 0.317 e. The molecule has 5 nitrogen and oxygen atoms in total. The summed E-state index contributed by atoms with van der Waals surface area (Å²) in [6.07, 6.45) is 0. The van der Waals surface area contributed by atoms with Crippen LogP contribution in [0.1, 0.15) is 22.2 Å². The second-order valence-electron chi connectivity index (χ2n) is 3.95. The molecule has 0 saturated carbocycles. The number of carbonyl (C=O) groups is 3. The van der Waals surface area contributed by atoms with Crippen molar-refractivity contribution >= 4 is 29.1 Å². The highest BCUT2D eigenvalue weighted by molar-refractivity contribution is 7.12. The Kier molecular flexibility index (Phi) is 2.97. The van der Waals surface area contributed by atoms with Crippen molar-refractivity contribution in [3.05, 3.63) is 21.9 Å². The Hall–Kier alpha value is -1.69. The van der Waals surface area contributed by atoms with E-state index in [-0.39, 0.29) is 12.5 Å². The van der Waals surface area contributed by atoms with Gasteiger partial charge in [-0.1, -0.05) is 0 Å².